The fraction of sp³-hybridized carbons (Fsp3) is 0.289. The van der Waals surface area contributed by atoms with E-state index in [9.17, 15) is 43.2 Å². The molecule has 3 aromatic rings. The molecular formula is C38H34O19. The number of carbonyl (C=O) groups is 9. The van der Waals surface area contributed by atoms with Gasteiger partial charge in [-0.15, -0.1) is 0 Å². The highest BCUT2D eigenvalue weighted by molar-refractivity contribution is 5.93. The van der Waals surface area contributed by atoms with Gasteiger partial charge in [-0.1, -0.05) is 0 Å². The Labute approximate surface area is 322 Å². The Morgan fingerprint density at radius 2 is 0.860 bits per heavy atom. The minimum Gasteiger partial charge on any atom is -0.481 e. The summed E-state index contributed by atoms with van der Waals surface area (Å²) in [5.74, 6) is -11.1. The molecule has 0 bridgehead atoms. The van der Waals surface area contributed by atoms with E-state index in [1.807, 2.05) is 0 Å². The van der Waals surface area contributed by atoms with E-state index >= 15 is 0 Å². The third kappa shape index (κ3) is 11.4. The van der Waals surface area contributed by atoms with Gasteiger partial charge in [0, 0.05) is 85.1 Å². The lowest BCUT2D eigenvalue weighted by atomic mass is 9.93. The first-order chi connectivity index (χ1) is 26.7. The highest BCUT2D eigenvalue weighted by Gasteiger charge is 2.39. The molecule has 0 saturated heterocycles. The van der Waals surface area contributed by atoms with Crippen molar-refractivity contribution < 1.29 is 90.5 Å². The predicted molar refractivity (Wildman–Crippen MR) is 186 cm³/mol. The van der Waals surface area contributed by atoms with Crippen LogP contribution in [-0.2, 0) is 49.5 Å². The highest BCUT2D eigenvalue weighted by Crippen LogP contribution is 2.48. The minimum atomic E-state index is -1.45. The summed E-state index contributed by atoms with van der Waals surface area (Å²) in [4.78, 5) is 110. The van der Waals surface area contributed by atoms with Gasteiger partial charge in [-0.05, 0) is 24.3 Å². The number of carbonyl (C=O) groups excluding carboxylic acids is 9. The second-order valence-corrected chi connectivity index (χ2v) is 12.0. The molecule has 1 aliphatic heterocycles. The van der Waals surface area contributed by atoms with Crippen molar-refractivity contribution in [3.05, 3.63) is 53.1 Å². The smallest absolute Gasteiger partial charge is 0.338 e. The molecular weight excluding hydrogens is 760 g/mol. The number of hydrogen-bond donors (Lipinski definition) is 0. The number of hydrogen-bond acceptors (Lipinski definition) is 19. The molecule has 0 spiro atoms. The van der Waals surface area contributed by atoms with Gasteiger partial charge in [-0.3, -0.25) is 38.4 Å². The van der Waals surface area contributed by atoms with Gasteiger partial charge in [-0.25, -0.2) is 4.79 Å². The predicted octanol–water partition coefficient (Wildman–Crippen LogP) is 3.99. The van der Waals surface area contributed by atoms with Crippen LogP contribution in [0.3, 0.4) is 0 Å². The standard InChI is InChI=1S/C38H34O19/c1-16(39)48-26-13-28(49-17(2)40)27-15-34(57-38(47)25-11-32(52-20(5)43)37(55-23(8)46)33(12-25)53-21(6)44)35(56-29(27)14-26)24-9-30(50-18(3)41)36(54-22(7)45)31(10-24)51-19(4)42/h9-14,34-35H,15H2,1-8H3/t34-,35+/m1/s1. The van der Waals surface area contributed by atoms with Crippen LogP contribution in [0.15, 0.2) is 36.4 Å². The highest BCUT2D eigenvalue weighted by atomic mass is 16.6. The maximum atomic E-state index is 14.0. The molecule has 0 amide bonds. The zero-order valence-electron chi connectivity index (χ0n) is 31.6. The second-order valence-electron chi connectivity index (χ2n) is 12.0. The van der Waals surface area contributed by atoms with E-state index in [1.54, 1.807) is 0 Å². The van der Waals surface area contributed by atoms with Crippen LogP contribution in [0.1, 0.15) is 83.0 Å². The van der Waals surface area contributed by atoms with Gasteiger partial charge in [-0.2, -0.15) is 0 Å². The molecule has 0 radical (unpaired) electrons. The van der Waals surface area contributed by atoms with E-state index < -0.39 is 106 Å². The fourth-order valence-electron chi connectivity index (χ4n) is 5.35. The van der Waals surface area contributed by atoms with Crippen molar-refractivity contribution in [2.24, 2.45) is 0 Å². The average Bonchev–Trinajstić information content (AvgIpc) is 3.05. The van der Waals surface area contributed by atoms with Crippen molar-refractivity contribution in [3.63, 3.8) is 0 Å². The van der Waals surface area contributed by atoms with E-state index in [1.165, 1.54) is 24.3 Å². The van der Waals surface area contributed by atoms with Gasteiger partial charge in [0.25, 0.3) is 0 Å². The summed E-state index contributed by atoms with van der Waals surface area (Å²) < 4.78 is 54.2. The lowest BCUT2D eigenvalue weighted by molar-refractivity contribution is -0.135. The lowest BCUT2D eigenvalue weighted by Crippen LogP contribution is -2.35. The van der Waals surface area contributed by atoms with Crippen LogP contribution in [-0.4, -0.2) is 59.8 Å². The van der Waals surface area contributed by atoms with E-state index in [0.29, 0.717) is 0 Å². The van der Waals surface area contributed by atoms with Crippen molar-refractivity contribution in [2.75, 3.05) is 0 Å². The van der Waals surface area contributed by atoms with E-state index in [0.717, 1.165) is 67.5 Å². The molecule has 4 rings (SSSR count). The topological polar surface area (TPSA) is 246 Å². The van der Waals surface area contributed by atoms with Crippen LogP contribution >= 0.6 is 0 Å². The molecule has 0 saturated carbocycles. The van der Waals surface area contributed by atoms with E-state index in [2.05, 4.69) is 0 Å². The fourth-order valence-corrected chi connectivity index (χ4v) is 5.35. The maximum absolute atomic E-state index is 14.0. The van der Waals surface area contributed by atoms with Gasteiger partial charge in [0.1, 0.15) is 23.4 Å². The Morgan fingerprint density at radius 1 is 0.474 bits per heavy atom. The quantitative estimate of drug-likeness (QED) is 0.197. The Hall–Kier alpha value is -7.31. The Balaban J connectivity index is 1.97. The van der Waals surface area contributed by atoms with Gasteiger partial charge >= 0.3 is 53.7 Å². The van der Waals surface area contributed by atoms with Gasteiger partial charge in [0.15, 0.2) is 29.1 Å². The van der Waals surface area contributed by atoms with Crippen LogP contribution in [0.5, 0.6) is 51.7 Å². The third-order valence-corrected chi connectivity index (χ3v) is 7.05. The number of fused-ring (bicyclic) bond motifs is 1. The molecule has 19 heteroatoms. The normalized spacial score (nSPS) is 14.0. The van der Waals surface area contributed by atoms with Gasteiger partial charge in [0.05, 0.1) is 5.56 Å². The summed E-state index contributed by atoms with van der Waals surface area (Å²) in [6.07, 6.45) is -3.21. The minimum absolute atomic E-state index is 0.0137. The van der Waals surface area contributed by atoms with Crippen molar-refractivity contribution in [3.8, 4) is 51.7 Å². The summed E-state index contributed by atoms with van der Waals surface area (Å²) in [5, 5.41) is 0. The van der Waals surface area contributed by atoms with Crippen LogP contribution in [0, 0.1) is 0 Å². The number of benzene rings is 3. The first-order valence-corrected chi connectivity index (χ1v) is 16.6. The largest absolute Gasteiger partial charge is 0.481 e. The van der Waals surface area contributed by atoms with Crippen LogP contribution in [0.2, 0.25) is 0 Å². The summed E-state index contributed by atoms with van der Waals surface area (Å²) in [5.41, 5.74) is -0.279. The lowest BCUT2D eigenvalue weighted by Gasteiger charge is -2.34. The number of rotatable bonds is 11. The first kappa shape index (κ1) is 42.4. The Bertz CT molecular complexity index is 2130. The number of ether oxygens (including phenoxy) is 10. The van der Waals surface area contributed by atoms with Crippen molar-refractivity contribution in [1.29, 1.82) is 0 Å². The average molecular weight is 795 g/mol. The molecule has 3 aromatic carbocycles. The van der Waals surface area contributed by atoms with Crippen LogP contribution in [0.25, 0.3) is 0 Å². The summed E-state index contributed by atoms with van der Waals surface area (Å²) in [7, 11) is 0. The molecule has 1 heterocycles. The molecule has 300 valence electrons. The zero-order chi connectivity index (χ0) is 42.3. The molecule has 1 aliphatic rings. The van der Waals surface area contributed by atoms with Crippen molar-refractivity contribution in [1.82, 2.24) is 0 Å². The first-order valence-electron chi connectivity index (χ1n) is 16.6. The zero-order valence-corrected chi connectivity index (χ0v) is 31.6. The summed E-state index contributed by atoms with van der Waals surface area (Å²) in [6, 6.07) is 6.81. The molecule has 0 unspecified atom stereocenters. The van der Waals surface area contributed by atoms with Gasteiger partial charge < -0.3 is 47.4 Å². The molecule has 19 nitrogen and oxygen atoms in total. The van der Waals surface area contributed by atoms with Crippen LogP contribution in [0.4, 0.5) is 0 Å². The van der Waals surface area contributed by atoms with Crippen molar-refractivity contribution >= 4 is 53.7 Å². The Morgan fingerprint density at radius 3 is 1.26 bits per heavy atom. The summed E-state index contributed by atoms with van der Waals surface area (Å²) >= 11 is 0. The van der Waals surface area contributed by atoms with E-state index in [4.69, 9.17) is 47.4 Å². The summed E-state index contributed by atoms with van der Waals surface area (Å²) in [6.45, 7) is 8.42. The molecule has 57 heavy (non-hydrogen) atoms. The number of esters is 9. The molecule has 0 aromatic heterocycles. The van der Waals surface area contributed by atoms with Crippen LogP contribution < -0.4 is 42.6 Å². The third-order valence-electron chi connectivity index (χ3n) is 7.05. The molecule has 0 N–H and O–H groups in total. The molecule has 0 aliphatic carbocycles. The second kappa shape index (κ2) is 17.9. The van der Waals surface area contributed by atoms with Crippen molar-refractivity contribution in [2.45, 2.75) is 74.0 Å². The van der Waals surface area contributed by atoms with E-state index in [-0.39, 0.29) is 34.8 Å². The monoisotopic (exact) mass is 794 g/mol. The van der Waals surface area contributed by atoms with Gasteiger partial charge in [0.2, 0.25) is 11.5 Å². The SMILES string of the molecule is CC(=O)Oc1cc(OC(C)=O)c2c(c1)O[C@@H](c1cc(OC(C)=O)c(OC(C)=O)c(OC(C)=O)c1)[C@H](OC(=O)c1cc(OC(C)=O)c(OC(C)=O)c(OC(C)=O)c1)C2. The molecule has 0 fully saturated rings. The molecule has 2 atom stereocenters. The maximum Gasteiger partial charge on any atom is 0.338 e. The Kier molecular flexibility index (Phi) is 13.3.